The van der Waals surface area contributed by atoms with E-state index in [1.54, 1.807) is 12.0 Å². The Bertz CT molecular complexity index is 1340. The Balaban J connectivity index is 1.21. The molecule has 7 heteroatoms. The van der Waals surface area contributed by atoms with Gasteiger partial charge in [0.15, 0.2) is 0 Å². The zero-order valence-electron chi connectivity index (χ0n) is 19.8. The number of carbonyl (C=O) groups excluding carboxylic acids is 1. The molecule has 1 aromatic heterocycles. The van der Waals surface area contributed by atoms with Crippen LogP contribution < -0.4 is 9.64 Å². The Labute approximate surface area is 204 Å². The first-order valence-electron chi connectivity index (χ1n) is 12.0. The Morgan fingerprint density at radius 2 is 1.63 bits per heavy atom. The number of piperidine rings is 1. The van der Waals surface area contributed by atoms with Crippen LogP contribution in [0.1, 0.15) is 18.5 Å². The van der Waals surface area contributed by atoms with E-state index in [2.05, 4.69) is 23.1 Å². The van der Waals surface area contributed by atoms with Crippen LogP contribution in [0.25, 0.3) is 16.6 Å². The highest BCUT2D eigenvalue weighted by molar-refractivity contribution is 5.90. The Hall–Kier alpha value is -3.84. The SMILES string of the molecule is COc1ccc2c(CN3CCC4(CC3)CN(c3ccccc3)C(=O)O4)nn(-c3ccccc3)c2c1. The van der Waals surface area contributed by atoms with Crippen molar-refractivity contribution < 1.29 is 14.3 Å². The van der Waals surface area contributed by atoms with Crippen LogP contribution in [0.4, 0.5) is 10.5 Å². The summed E-state index contributed by atoms with van der Waals surface area (Å²) < 4.78 is 13.4. The number of rotatable bonds is 5. The van der Waals surface area contributed by atoms with Gasteiger partial charge in [0.05, 0.1) is 30.6 Å². The largest absolute Gasteiger partial charge is 0.497 e. The van der Waals surface area contributed by atoms with Crippen molar-refractivity contribution in [1.82, 2.24) is 14.7 Å². The van der Waals surface area contributed by atoms with Gasteiger partial charge in [-0.3, -0.25) is 9.80 Å². The van der Waals surface area contributed by atoms with Gasteiger partial charge in [-0.15, -0.1) is 0 Å². The highest BCUT2D eigenvalue weighted by Crippen LogP contribution is 2.36. The van der Waals surface area contributed by atoms with E-state index in [4.69, 9.17) is 14.6 Å². The number of carbonyl (C=O) groups is 1. The molecule has 2 saturated heterocycles. The Morgan fingerprint density at radius 3 is 2.31 bits per heavy atom. The predicted molar refractivity (Wildman–Crippen MR) is 135 cm³/mol. The van der Waals surface area contributed by atoms with E-state index >= 15 is 0 Å². The molecule has 3 aromatic carbocycles. The molecule has 35 heavy (non-hydrogen) atoms. The van der Waals surface area contributed by atoms with Crippen molar-refractivity contribution in [3.8, 4) is 11.4 Å². The first kappa shape index (κ1) is 21.7. The van der Waals surface area contributed by atoms with Crippen LogP contribution in [0.15, 0.2) is 78.9 Å². The maximum absolute atomic E-state index is 12.6. The first-order valence-corrected chi connectivity index (χ1v) is 12.0. The molecule has 1 spiro atoms. The lowest BCUT2D eigenvalue weighted by Crippen LogP contribution is -2.46. The van der Waals surface area contributed by atoms with Gasteiger partial charge in [0, 0.05) is 49.6 Å². The van der Waals surface area contributed by atoms with E-state index in [-0.39, 0.29) is 6.09 Å². The topological polar surface area (TPSA) is 59.8 Å². The van der Waals surface area contributed by atoms with Crippen molar-refractivity contribution in [2.75, 3.05) is 31.6 Å². The van der Waals surface area contributed by atoms with Crippen LogP contribution in [0.3, 0.4) is 0 Å². The number of aromatic nitrogens is 2. The lowest BCUT2D eigenvalue weighted by Gasteiger charge is -2.37. The molecule has 0 N–H and O–H groups in total. The minimum atomic E-state index is -0.414. The van der Waals surface area contributed by atoms with Crippen molar-refractivity contribution in [2.45, 2.75) is 25.0 Å². The fourth-order valence-corrected chi connectivity index (χ4v) is 5.19. The van der Waals surface area contributed by atoms with E-state index < -0.39 is 5.60 Å². The first-order chi connectivity index (χ1) is 17.1. The summed E-state index contributed by atoms with van der Waals surface area (Å²) in [6, 6.07) is 26.1. The number of hydrogen-bond acceptors (Lipinski definition) is 5. The van der Waals surface area contributed by atoms with Crippen LogP contribution in [0.5, 0.6) is 5.75 Å². The number of likely N-dealkylation sites (tertiary alicyclic amines) is 1. The highest BCUT2D eigenvalue weighted by Gasteiger charge is 2.47. The van der Waals surface area contributed by atoms with Gasteiger partial charge in [-0.2, -0.15) is 5.10 Å². The zero-order valence-corrected chi connectivity index (χ0v) is 19.8. The summed E-state index contributed by atoms with van der Waals surface area (Å²) in [6.45, 7) is 3.06. The van der Waals surface area contributed by atoms with Crippen molar-refractivity contribution in [1.29, 1.82) is 0 Å². The Morgan fingerprint density at radius 1 is 0.943 bits per heavy atom. The minimum absolute atomic E-state index is 0.244. The average molecular weight is 469 g/mol. The number of amides is 1. The normalized spacial score (nSPS) is 17.7. The number of nitrogens with zero attached hydrogens (tertiary/aromatic N) is 4. The van der Waals surface area contributed by atoms with Crippen molar-refractivity contribution in [3.63, 3.8) is 0 Å². The van der Waals surface area contributed by atoms with Crippen LogP contribution in [-0.2, 0) is 11.3 Å². The third kappa shape index (κ3) is 4.02. The van der Waals surface area contributed by atoms with Gasteiger partial charge < -0.3 is 9.47 Å². The summed E-state index contributed by atoms with van der Waals surface area (Å²) in [5.74, 6) is 0.812. The predicted octanol–water partition coefficient (Wildman–Crippen LogP) is 5.03. The molecular formula is C28H28N4O3. The molecule has 0 saturated carbocycles. The van der Waals surface area contributed by atoms with Gasteiger partial charge >= 0.3 is 6.09 Å². The molecule has 0 bridgehead atoms. The molecule has 0 unspecified atom stereocenters. The van der Waals surface area contributed by atoms with E-state index in [1.165, 1.54) is 0 Å². The van der Waals surface area contributed by atoms with Gasteiger partial charge in [-0.1, -0.05) is 36.4 Å². The van der Waals surface area contributed by atoms with Crippen LogP contribution >= 0.6 is 0 Å². The zero-order chi connectivity index (χ0) is 23.8. The van der Waals surface area contributed by atoms with E-state index in [0.29, 0.717) is 6.54 Å². The summed E-state index contributed by atoms with van der Waals surface area (Å²) in [5, 5.41) is 6.13. The molecule has 178 valence electrons. The van der Waals surface area contributed by atoms with Gasteiger partial charge in [-0.25, -0.2) is 9.48 Å². The number of para-hydroxylation sites is 2. The summed E-state index contributed by atoms with van der Waals surface area (Å²) >= 11 is 0. The number of methoxy groups -OCH3 is 1. The van der Waals surface area contributed by atoms with E-state index in [0.717, 1.165) is 66.2 Å². The molecule has 0 atom stereocenters. The van der Waals surface area contributed by atoms with Crippen LogP contribution in [0, 0.1) is 0 Å². The molecule has 7 nitrogen and oxygen atoms in total. The second-order valence-corrected chi connectivity index (χ2v) is 9.33. The fourth-order valence-electron chi connectivity index (χ4n) is 5.19. The molecule has 2 aliphatic heterocycles. The second kappa shape index (κ2) is 8.74. The van der Waals surface area contributed by atoms with Gasteiger partial charge in [0.1, 0.15) is 11.4 Å². The molecule has 4 aromatic rings. The summed E-state index contributed by atoms with van der Waals surface area (Å²) in [6.07, 6.45) is 1.38. The summed E-state index contributed by atoms with van der Waals surface area (Å²) in [5.41, 5.74) is 3.57. The standard InChI is InChI=1S/C28H28N4O3/c1-34-23-12-13-24-25(29-32(26(24)18-23)22-10-6-3-7-11-22)19-30-16-14-28(15-17-30)20-31(27(33)35-28)21-8-4-2-5-9-21/h2-13,18H,14-17,19-20H2,1H3. The van der Waals surface area contributed by atoms with Gasteiger partial charge in [0.25, 0.3) is 0 Å². The third-order valence-corrected chi connectivity index (χ3v) is 7.14. The quantitative estimate of drug-likeness (QED) is 0.411. The van der Waals surface area contributed by atoms with Gasteiger partial charge in [0.2, 0.25) is 0 Å². The molecule has 2 fully saturated rings. The fraction of sp³-hybridized carbons (Fsp3) is 0.286. The smallest absolute Gasteiger partial charge is 0.415 e. The van der Waals surface area contributed by atoms with E-state index in [1.807, 2.05) is 65.3 Å². The third-order valence-electron chi connectivity index (χ3n) is 7.14. The van der Waals surface area contributed by atoms with Crippen molar-refractivity contribution in [3.05, 3.63) is 84.6 Å². The summed E-state index contributed by atoms with van der Waals surface area (Å²) in [7, 11) is 1.68. The van der Waals surface area contributed by atoms with Crippen LogP contribution in [0.2, 0.25) is 0 Å². The second-order valence-electron chi connectivity index (χ2n) is 9.33. The summed E-state index contributed by atoms with van der Waals surface area (Å²) in [4.78, 5) is 16.8. The number of fused-ring (bicyclic) bond motifs is 1. The lowest BCUT2D eigenvalue weighted by molar-refractivity contribution is -0.00117. The molecule has 6 rings (SSSR count). The maximum atomic E-state index is 12.6. The molecule has 2 aliphatic rings. The Kier molecular flexibility index (Phi) is 5.41. The monoisotopic (exact) mass is 468 g/mol. The molecule has 1 amide bonds. The number of anilines is 1. The molecular weight excluding hydrogens is 440 g/mol. The highest BCUT2D eigenvalue weighted by atomic mass is 16.6. The lowest BCUT2D eigenvalue weighted by atomic mass is 9.91. The minimum Gasteiger partial charge on any atom is -0.497 e. The average Bonchev–Trinajstić information content (AvgIpc) is 3.43. The molecule has 3 heterocycles. The number of benzene rings is 3. The number of ether oxygens (including phenoxy) is 2. The van der Waals surface area contributed by atoms with E-state index in [9.17, 15) is 4.79 Å². The van der Waals surface area contributed by atoms with Gasteiger partial charge in [-0.05, 0) is 36.4 Å². The maximum Gasteiger partial charge on any atom is 0.415 e. The number of hydrogen-bond donors (Lipinski definition) is 0. The van der Waals surface area contributed by atoms with Crippen molar-refractivity contribution in [2.24, 2.45) is 0 Å². The molecule has 0 radical (unpaired) electrons. The van der Waals surface area contributed by atoms with Crippen LogP contribution in [-0.4, -0.2) is 53.1 Å². The molecule has 0 aliphatic carbocycles. The van der Waals surface area contributed by atoms with Crippen molar-refractivity contribution >= 4 is 22.7 Å².